The van der Waals surface area contributed by atoms with Crippen molar-refractivity contribution >= 4 is 23.5 Å². The molecule has 0 saturated carbocycles. The molecule has 1 aromatic heterocycles. The molecule has 1 amide bonds. The van der Waals surface area contributed by atoms with E-state index in [0.29, 0.717) is 16.3 Å². The largest absolute Gasteiger partial charge is 0.296 e. The Morgan fingerprint density at radius 1 is 1.30 bits per heavy atom. The molecule has 104 valence electrons. The van der Waals surface area contributed by atoms with Gasteiger partial charge in [-0.3, -0.25) is 9.69 Å². The molecule has 0 aliphatic carbocycles. The highest BCUT2D eigenvalue weighted by Crippen LogP contribution is 2.26. The number of nitrogens with zero attached hydrogens (tertiary/aromatic N) is 2. The van der Waals surface area contributed by atoms with Gasteiger partial charge in [0, 0.05) is 13.2 Å². The SMILES string of the molecule is CSc1c(F)cccc1C(=O)N(C)c1ncccc1C. The third kappa shape index (κ3) is 2.67. The van der Waals surface area contributed by atoms with Crippen molar-refractivity contribution in [2.24, 2.45) is 0 Å². The number of benzene rings is 1. The zero-order valence-corrected chi connectivity index (χ0v) is 12.4. The lowest BCUT2D eigenvalue weighted by atomic mass is 10.2. The molecule has 0 fully saturated rings. The Kier molecular flexibility index (Phi) is 4.39. The highest BCUT2D eigenvalue weighted by molar-refractivity contribution is 7.98. The van der Waals surface area contributed by atoms with Gasteiger partial charge in [-0.1, -0.05) is 12.1 Å². The van der Waals surface area contributed by atoms with Crippen molar-refractivity contribution in [1.29, 1.82) is 0 Å². The third-order valence-electron chi connectivity index (χ3n) is 3.01. The monoisotopic (exact) mass is 290 g/mol. The summed E-state index contributed by atoms with van der Waals surface area (Å²) in [4.78, 5) is 18.5. The average molecular weight is 290 g/mol. The summed E-state index contributed by atoms with van der Waals surface area (Å²) in [5.74, 6) is -0.0704. The molecule has 20 heavy (non-hydrogen) atoms. The number of halogens is 1. The lowest BCUT2D eigenvalue weighted by molar-refractivity contribution is 0.0988. The van der Waals surface area contributed by atoms with Crippen molar-refractivity contribution in [3.05, 3.63) is 53.5 Å². The fraction of sp³-hybridized carbons (Fsp3) is 0.200. The number of hydrogen-bond donors (Lipinski definition) is 0. The number of hydrogen-bond acceptors (Lipinski definition) is 3. The third-order valence-corrected chi connectivity index (χ3v) is 3.83. The fourth-order valence-electron chi connectivity index (χ4n) is 1.99. The van der Waals surface area contributed by atoms with Crippen molar-refractivity contribution in [2.45, 2.75) is 11.8 Å². The molecule has 1 aromatic carbocycles. The highest BCUT2D eigenvalue weighted by Gasteiger charge is 2.20. The van der Waals surface area contributed by atoms with Gasteiger partial charge in [0.05, 0.1) is 10.5 Å². The number of rotatable bonds is 3. The maximum atomic E-state index is 13.7. The van der Waals surface area contributed by atoms with Crippen LogP contribution in [0, 0.1) is 12.7 Å². The van der Waals surface area contributed by atoms with E-state index in [0.717, 1.165) is 5.56 Å². The minimum atomic E-state index is -0.380. The van der Waals surface area contributed by atoms with Crippen LogP contribution in [0.2, 0.25) is 0 Å². The average Bonchev–Trinajstić information content (AvgIpc) is 2.46. The lowest BCUT2D eigenvalue weighted by Gasteiger charge is -2.19. The van der Waals surface area contributed by atoms with Gasteiger partial charge in [0.15, 0.2) is 0 Å². The van der Waals surface area contributed by atoms with Crippen molar-refractivity contribution in [1.82, 2.24) is 4.98 Å². The van der Waals surface area contributed by atoms with E-state index in [1.54, 1.807) is 31.6 Å². The van der Waals surface area contributed by atoms with Crippen LogP contribution in [0.1, 0.15) is 15.9 Å². The summed E-state index contributed by atoms with van der Waals surface area (Å²) in [6.45, 7) is 1.88. The van der Waals surface area contributed by atoms with Crippen LogP contribution < -0.4 is 4.90 Å². The number of carbonyl (C=O) groups is 1. The Hall–Kier alpha value is -1.88. The number of thioether (sulfide) groups is 1. The van der Waals surface area contributed by atoms with Gasteiger partial charge < -0.3 is 0 Å². The van der Waals surface area contributed by atoms with Crippen molar-refractivity contribution in [2.75, 3.05) is 18.2 Å². The van der Waals surface area contributed by atoms with E-state index in [1.165, 1.54) is 22.7 Å². The van der Waals surface area contributed by atoms with Crippen LogP contribution in [-0.4, -0.2) is 24.2 Å². The molecule has 0 atom stereocenters. The molecule has 0 unspecified atom stereocenters. The summed E-state index contributed by atoms with van der Waals surface area (Å²) < 4.78 is 13.7. The molecule has 2 aromatic rings. The molecule has 0 N–H and O–H groups in total. The highest BCUT2D eigenvalue weighted by atomic mass is 32.2. The van der Waals surface area contributed by atoms with Crippen LogP contribution in [0.3, 0.4) is 0 Å². The maximum absolute atomic E-state index is 13.7. The number of anilines is 1. The number of aryl methyl sites for hydroxylation is 1. The van der Waals surface area contributed by atoms with Crippen molar-refractivity contribution in [3.8, 4) is 0 Å². The Morgan fingerprint density at radius 2 is 2.05 bits per heavy atom. The van der Waals surface area contributed by atoms with Gasteiger partial charge >= 0.3 is 0 Å². The predicted molar refractivity (Wildman–Crippen MR) is 79.9 cm³/mol. The van der Waals surface area contributed by atoms with Crippen LogP contribution in [0.5, 0.6) is 0 Å². The quantitative estimate of drug-likeness (QED) is 0.811. The first kappa shape index (κ1) is 14.5. The summed E-state index contributed by atoms with van der Waals surface area (Å²) in [7, 11) is 1.65. The summed E-state index contributed by atoms with van der Waals surface area (Å²) in [6, 6.07) is 8.22. The van der Waals surface area contributed by atoms with E-state index in [4.69, 9.17) is 0 Å². The molecule has 0 bridgehead atoms. The van der Waals surface area contributed by atoms with Gasteiger partial charge in [0.2, 0.25) is 0 Å². The van der Waals surface area contributed by atoms with Crippen LogP contribution in [-0.2, 0) is 0 Å². The van der Waals surface area contributed by atoms with Gasteiger partial charge in [0.1, 0.15) is 11.6 Å². The molecule has 3 nitrogen and oxygen atoms in total. The second kappa shape index (κ2) is 6.05. The number of aromatic nitrogens is 1. The second-order valence-electron chi connectivity index (χ2n) is 4.33. The van der Waals surface area contributed by atoms with E-state index in [2.05, 4.69) is 4.98 Å². The topological polar surface area (TPSA) is 33.2 Å². The zero-order chi connectivity index (χ0) is 14.7. The fourth-order valence-corrected chi connectivity index (χ4v) is 2.63. The minimum Gasteiger partial charge on any atom is -0.296 e. The summed E-state index contributed by atoms with van der Waals surface area (Å²) in [5.41, 5.74) is 1.25. The molecule has 0 spiro atoms. The van der Waals surface area contributed by atoms with Crippen molar-refractivity contribution < 1.29 is 9.18 Å². The van der Waals surface area contributed by atoms with E-state index in [1.807, 2.05) is 19.1 Å². The van der Waals surface area contributed by atoms with E-state index in [-0.39, 0.29) is 11.7 Å². The molecular weight excluding hydrogens is 275 g/mol. The molecule has 0 aliphatic rings. The molecule has 2 rings (SSSR count). The summed E-state index contributed by atoms with van der Waals surface area (Å²) in [6.07, 6.45) is 3.38. The standard InChI is InChI=1S/C15H15FN2OS/c1-10-6-5-9-17-14(10)18(2)15(19)11-7-4-8-12(16)13(11)20-3/h4-9H,1-3H3. The summed E-state index contributed by atoms with van der Waals surface area (Å²) in [5, 5.41) is 0. The van der Waals surface area contributed by atoms with E-state index < -0.39 is 0 Å². The van der Waals surface area contributed by atoms with Gasteiger partial charge in [0.25, 0.3) is 5.91 Å². The van der Waals surface area contributed by atoms with Crippen LogP contribution >= 0.6 is 11.8 Å². The van der Waals surface area contributed by atoms with Gasteiger partial charge in [-0.25, -0.2) is 9.37 Å². The molecule has 0 aliphatic heterocycles. The van der Waals surface area contributed by atoms with E-state index in [9.17, 15) is 9.18 Å². The Labute approximate surface area is 121 Å². The van der Waals surface area contributed by atoms with Crippen LogP contribution in [0.4, 0.5) is 10.2 Å². The van der Waals surface area contributed by atoms with Crippen molar-refractivity contribution in [3.63, 3.8) is 0 Å². The first-order valence-corrected chi connectivity index (χ1v) is 7.31. The van der Waals surface area contributed by atoms with Gasteiger partial charge in [-0.15, -0.1) is 11.8 Å². The molecule has 1 heterocycles. The summed E-state index contributed by atoms with van der Waals surface area (Å²) >= 11 is 1.22. The maximum Gasteiger partial charge on any atom is 0.260 e. The molecule has 0 radical (unpaired) electrons. The Balaban J connectivity index is 2.42. The first-order valence-electron chi connectivity index (χ1n) is 6.08. The zero-order valence-electron chi connectivity index (χ0n) is 11.6. The second-order valence-corrected chi connectivity index (χ2v) is 5.15. The number of carbonyl (C=O) groups excluding carboxylic acids is 1. The van der Waals surface area contributed by atoms with Crippen LogP contribution in [0.15, 0.2) is 41.4 Å². The number of pyridine rings is 1. The lowest BCUT2D eigenvalue weighted by Crippen LogP contribution is -2.28. The predicted octanol–water partition coefficient (Wildman–Crippen LogP) is 3.53. The smallest absolute Gasteiger partial charge is 0.260 e. The molecule has 0 saturated heterocycles. The normalized spacial score (nSPS) is 10.4. The Morgan fingerprint density at radius 3 is 2.70 bits per heavy atom. The Bertz CT molecular complexity index is 646. The van der Waals surface area contributed by atoms with Crippen LogP contribution in [0.25, 0.3) is 0 Å². The molecular formula is C15H15FN2OS. The first-order chi connectivity index (χ1) is 9.56. The van der Waals surface area contributed by atoms with E-state index >= 15 is 0 Å². The molecule has 5 heteroatoms. The van der Waals surface area contributed by atoms with Gasteiger partial charge in [-0.2, -0.15) is 0 Å². The number of amides is 1. The minimum absolute atomic E-state index is 0.268. The van der Waals surface area contributed by atoms with Gasteiger partial charge in [-0.05, 0) is 36.9 Å².